The van der Waals surface area contributed by atoms with Gasteiger partial charge >= 0.3 is 0 Å². The number of anilines is 1. The molecule has 20 heavy (non-hydrogen) atoms. The van der Waals surface area contributed by atoms with Gasteiger partial charge in [-0.3, -0.25) is 0 Å². The highest BCUT2D eigenvalue weighted by atomic mass is 79.9. The summed E-state index contributed by atoms with van der Waals surface area (Å²) in [5.41, 5.74) is 2.12. The molecule has 0 aliphatic rings. The largest absolute Gasteiger partial charge is 0.363 e. The molecule has 0 saturated heterocycles. The molecule has 2 heterocycles. The van der Waals surface area contributed by atoms with Gasteiger partial charge in [0.15, 0.2) is 0 Å². The maximum atomic E-state index is 4.33. The third-order valence-corrected chi connectivity index (χ3v) is 3.64. The van der Waals surface area contributed by atoms with Gasteiger partial charge in [0.1, 0.15) is 12.1 Å². The first-order valence-electron chi connectivity index (χ1n) is 6.33. The summed E-state index contributed by atoms with van der Waals surface area (Å²) < 4.78 is 2.79. The van der Waals surface area contributed by atoms with Crippen molar-refractivity contribution >= 4 is 27.5 Å². The Morgan fingerprint density at radius 2 is 2.00 bits per heavy atom. The molecule has 0 amide bonds. The molecule has 0 bridgehead atoms. The molecule has 1 atom stereocenters. The number of nitrogens with zero attached hydrogens (tertiary/aromatic N) is 4. The minimum Gasteiger partial charge on any atom is -0.363 e. The van der Waals surface area contributed by atoms with Crippen molar-refractivity contribution in [3.05, 3.63) is 52.4 Å². The van der Waals surface area contributed by atoms with Crippen LogP contribution in [0.3, 0.4) is 0 Å². The highest BCUT2D eigenvalue weighted by molar-refractivity contribution is 9.10. The topological polar surface area (TPSA) is 55.1 Å². The van der Waals surface area contributed by atoms with E-state index in [9.17, 15) is 0 Å². The maximum Gasteiger partial charge on any atom is 0.254 e. The fraction of sp³-hybridized carbons (Fsp3) is 0.214. The molecule has 5 nitrogen and oxygen atoms in total. The van der Waals surface area contributed by atoms with E-state index < -0.39 is 0 Å². The number of hydrogen-bond acceptors (Lipinski definition) is 4. The number of hydrogen-bond donors (Lipinski definition) is 1. The van der Waals surface area contributed by atoms with Gasteiger partial charge in [-0.1, -0.05) is 28.1 Å². The zero-order chi connectivity index (χ0) is 14.1. The lowest BCUT2D eigenvalue weighted by Crippen LogP contribution is -2.11. The molecule has 0 aliphatic heterocycles. The number of aromatic nitrogens is 4. The van der Waals surface area contributed by atoms with Crippen LogP contribution in [0.15, 0.2) is 41.1 Å². The Balaban J connectivity index is 1.92. The van der Waals surface area contributed by atoms with Crippen LogP contribution in [0.1, 0.15) is 24.2 Å². The average Bonchev–Trinajstić information content (AvgIpc) is 2.87. The zero-order valence-electron chi connectivity index (χ0n) is 11.2. The van der Waals surface area contributed by atoms with Gasteiger partial charge in [-0.25, -0.2) is 4.98 Å². The Bertz CT molecular complexity index is 735. The summed E-state index contributed by atoms with van der Waals surface area (Å²) in [4.78, 5) is 8.46. The van der Waals surface area contributed by atoms with Crippen LogP contribution >= 0.6 is 15.9 Å². The number of fused-ring (bicyclic) bond motifs is 1. The fourth-order valence-corrected chi connectivity index (χ4v) is 2.35. The highest BCUT2D eigenvalue weighted by Crippen LogP contribution is 2.21. The number of nitrogens with one attached hydrogen (secondary N) is 1. The molecule has 102 valence electrons. The van der Waals surface area contributed by atoms with E-state index in [1.165, 1.54) is 11.9 Å². The fourth-order valence-electron chi connectivity index (χ4n) is 2.09. The van der Waals surface area contributed by atoms with Crippen LogP contribution in [0.2, 0.25) is 0 Å². The molecule has 3 rings (SSSR count). The summed E-state index contributed by atoms with van der Waals surface area (Å²) in [6.07, 6.45) is 1.51. The molecule has 2 aromatic heterocycles. The first-order chi connectivity index (χ1) is 9.63. The molecule has 3 aromatic rings. The maximum absolute atomic E-state index is 4.33. The normalized spacial score (nSPS) is 12.6. The third-order valence-electron chi connectivity index (χ3n) is 3.11. The summed E-state index contributed by atoms with van der Waals surface area (Å²) in [6, 6.07) is 10.4. The SMILES string of the molecule is Cc1cc(NC(C)c2ccc(Br)cc2)n2ncnc2n1. The molecule has 0 saturated carbocycles. The van der Waals surface area contributed by atoms with E-state index in [4.69, 9.17) is 0 Å². The van der Waals surface area contributed by atoms with Crippen LogP contribution in [0, 0.1) is 6.92 Å². The van der Waals surface area contributed by atoms with Crippen LogP contribution in [0.5, 0.6) is 0 Å². The molecule has 6 heteroatoms. The van der Waals surface area contributed by atoms with Crippen molar-refractivity contribution in [2.24, 2.45) is 0 Å². The predicted molar refractivity (Wildman–Crippen MR) is 81.7 cm³/mol. The van der Waals surface area contributed by atoms with Crippen molar-refractivity contribution in [1.82, 2.24) is 19.6 Å². The van der Waals surface area contributed by atoms with E-state index in [0.717, 1.165) is 16.0 Å². The van der Waals surface area contributed by atoms with Crippen molar-refractivity contribution in [2.75, 3.05) is 5.32 Å². The molecular weight excluding hydrogens is 318 g/mol. The minimum atomic E-state index is 0.164. The highest BCUT2D eigenvalue weighted by Gasteiger charge is 2.10. The van der Waals surface area contributed by atoms with Gasteiger partial charge in [0, 0.05) is 22.3 Å². The van der Waals surface area contributed by atoms with Gasteiger partial charge in [-0.15, -0.1) is 0 Å². The summed E-state index contributed by atoms with van der Waals surface area (Å²) in [5.74, 6) is 1.50. The van der Waals surface area contributed by atoms with Crippen LogP contribution in [0.4, 0.5) is 5.82 Å². The Hall–Kier alpha value is -1.95. The summed E-state index contributed by atoms with van der Waals surface area (Å²) in [7, 11) is 0. The monoisotopic (exact) mass is 331 g/mol. The van der Waals surface area contributed by atoms with Gasteiger partial charge < -0.3 is 5.32 Å². The Morgan fingerprint density at radius 3 is 2.75 bits per heavy atom. The second kappa shape index (κ2) is 5.20. The first-order valence-corrected chi connectivity index (χ1v) is 7.12. The van der Waals surface area contributed by atoms with Crippen molar-refractivity contribution < 1.29 is 0 Å². The summed E-state index contributed by atoms with van der Waals surface area (Å²) >= 11 is 3.45. The van der Waals surface area contributed by atoms with Crippen LogP contribution in [-0.4, -0.2) is 19.6 Å². The van der Waals surface area contributed by atoms with E-state index >= 15 is 0 Å². The van der Waals surface area contributed by atoms with Crippen LogP contribution in [0.25, 0.3) is 5.78 Å². The van der Waals surface area contributed by atoms with Gasteiger partial charge in [0.2, 0.25) is 0 Å². The van der Waals surface area contributed by atoms with Crippen LogP contribution in [-0.2, 0) is 0 Å². The minimum absolute atomic E-state index is 0.164. The van der Waals surface area contributed by atoms with E-state index in [0.29, 0.717) is 5.78 Å². The third kappa shape index (κ3) is 2.51. The lowest BCUT2D eigenvalue weighted by atomic mass is 10.1. The van der Waals surface area contributed by atoms with Crippen LogP contribution < -0.4 is 5.32 Å². The molecular formula is C14H14BrN5. The van der Waals surface area contributed by atoms with Crippen molar-refractivity contribution in [2.45, 2.75) is 19.9 Å². The van der Waals surface area contributed by atoms with Crippen molar-refractivity contribution in [1.29, 1.82) is 0 Å². The number of aryl methyl sites for hydroxylation is 1. The summed E-state index contributed by atoms with van der Waals surface area (Å²) in [6.45, 7) is 4.06. The van der Waals surface area contributed by atoms with Gasteiger partial charge in [0.05, 0.1) is 0 Å². The lowest BCUT2D eigenvalue weighted by molar-refractivity contribution is 0.837. The number of rotatable bonds is 3. The van der Waals surface area contributed by atoms with E-state index in [2.05, 4.69) is 55.4 Å². The molecule has 1 N–H and O–H groups in total. The van der Waals surface area contributed by atoms with Gasteiger partial charge in [-0.2, -0.15) is 14.6 Å². The zero-order valence-corrected chi connectivity index (χ0v) is 12.8. The predicted octanol–water partition coefficient (Wildman–Crippen LogP) is 3.37. The number of benzene rings is 1. The second-order valence-electron chi connectivity index (χ2n) is 4.67. The number of halogens is 1. The van der Waals surface area contributed by atoms with E-state index in [-0.39, 0.29) is 6.04 Å². The average molecular weight is 332 g/mol. The lowest BCUT2D eigenvalue weighted by Gasteiger charge is -2.16. The molecule has 1 aromatic carbocycles. The van der Waals surface area contributed by atoms with E-state index in [1.807, 2.05) is 25.1 Å². The molecule has 0 fully saturated rings. The van der Waals surface area contributed by atoms with Crippen molar-refractivity contribution in [3.63, 3.8) is 0 Å². The Labute approximate surface area is 125 Å². The Kier molecular flexibility index (Phi) is 3.40. The van der Waals surface area contributed by atoms with Crippen molar-refractivity contribution in [3.8, 4) is 0 Å². The first kappa shape index (κ1) is 13.1. The smallest absolute Gasteiger partial charge is 0.254 e. The standard InChI is InChI=1S/C14H14BrN5/c1-9-7-13(20-14(18-9)16-8-17-20)19-10(2)11-3-5-12(15)6-4-11/h3-8,10,19H,1-2H3. The molecule has 0 aliphatic carbocycles. The molecule has 0 spiro atoms. The Morgan fingerprint density at radius 1 is 1.25 bits per heavy atom. The quantitative estimate of drug-likeness (QED) is 0.799. The second-order valence-corrected chi connectivity index (χ2v) is 5.59. The molecule has 0 radical (unpaired) electrons. The van der Waals surface area contributed by atoms with E-state index in [1.54, 1.807) is 4.52 Å². The van der Waals surface area contributed by atoms with Gasteiger partial charge in [0.25, 0.3) is 5.78 Å². The molecule has 1 unspecified atom stereocenters. The summed E-state index contributed by atoms with van der Waals surface area (Å²) in [5, 5.41) is 7.65. The van der Waals surface area contributed by atoms with Gasteiger partial charge in [-0.05, 0) is 31.5 Å².